The highest BCUT2D eigenvalue weighted by atomic mass is 16.5. The van der Waals surface area contributed by atoms with Crippen LogP contribution in [0.3, 0.4) is 0 Å². The predicted octanol–water partition coefficient (Wildman–Crippen LogP) is 2.05. The number of amides is 1. The van der Waals surface area contributed by atoms with E-state index in [1.54, 1.807) is 0 Å². The molecule has 1 amide bonds. The SMILES string of the molecule is CCOc1ccc(CCNC(=O)C2(C#N)CC2)cc1. The largest absolute Gasteiger partial charge is 0.494 e. The molecule has 1 fully saturated rings. The van der Waals surface area contributed by atoms with Gasteiger partial charge in [-0.1, -0.05) is 12.1 Å². The fraction of sp³-hybridized carbons (Fsp3) is 0.467. The maximum atomic E-state index is 11.7. The molecule has 100 valence electrons. The van der Waals surface area contributed by atoms with Gasteiger partial charge in [0.15, 0.2) is 0 Å². The molecular formula is C15H18N2O2. The first-order chi connectivity index (χ1) is 9.20. The van der Waals surface area contributed by atoms with E-state index in [4.69, 9.17) is 10.00 Å². The van der Waals surface area contributed by atoms with Gasteiger partial charge in [-0.3, -0.25) is 4.79 Å². The minimum absolute atomic E-state index is 0.124. The summed E-state index contributed by atoms with van der Waals surface area (Å²) >= 11 is 0. The zero-order valence-electron chi connectivity index (χ0n) is 11.1. The van der Waals surface area contributed by atoms with Crippen LogP contribution in [0.15, 0.2) is 24.3 Å². The van der Waals surface area contributed by atoms with Crippen molar-refractivity contribution in [2.45, 2.75) is 26.2 Å². The first-order valence-corrected chi connectivity index (χ1v) is 6.61. The maximum absolute atomic E-state index is 11.7. The number of hydrogen-bond acceptors (Lipinski definition) is 3. The molecule has 0 heterocycles. The van der Waals surface area contributed by atoms with E-state index in [2.05, 4.69) is 11.4 Å². The summed E-state index contributed by atoms with van der Waals surface area (Å²) in [4.78, 5) is 11.7. The number of nitrogens with one attached hydrogen (secondary N) is 1. The zero-order valence-corrected chi connectivity index (χ0v) is 11.1. The number of rotatable bonds is 6. The molecule has 0 unspecified atom stereocenters. The average molecular weight is 258 g/mol. The Bertz CT molecular complexity index is 484. The van der Waals surface area contributed by atoms with E-state index in [0.29, 0.717) is 26.0 Å². The molecule has 1 aliphatic carbocycles. The van der Waals surface area contributed by atoms with E-state index in [9.17, 15) is 4.79 Å². The molecule has 0 saturated heterocycles. The summed E-state index contributed by atoms with van der Waals surface area (Å²) in [6, 6.07) is 9.94. The number of benzene rings is 1. The standard InChI is InChI=1S/C15H18N2O2/c1-2-19-13-5-3-12(4-6-13)7-10-17-14(18)15(11-16)8-9-15/h3-6H,2,7-10H2,1H3,(H,17,18). The Labute approximate surface area is 113 Å². The summed E-state index contributed by atoms with van der Waals surface area (Å²) in [5.41, 5.74) is 0.421. The van der Waals surface area contributed by atoms with Crippen LogP contribution >= 0.6 is 0 Å². The lowest BCUT2D eigenvalue weighted by Crippen LogP contribution is -2.32. The molecular weight excluding hydrogens is 240 g/mol. The van der Waals surface area contributed by atoms with Crippen molar-refractivity contribution in [2.75, 3.05) is 13.2 Å². The monoisotopic (exact) mass is 258 g/mol. The first kappa shape index (κ1) is 13.4. The van der Waals surface area contributed by atoms with E-state index in [0.717, 1.165) is 17.7 Å². The van der Waals surface area contributed by atoms with E-state index in [1.165, 1.54) is 0 Å². The van der Waals surface area contributed by atoms with Gasteiger partial charge < -0.3 is 10.1 Å². The summed E-state index contributed by atoms with van der Waals surface area (Å²) < 4.78 is 5.37. The lowest BCUT2D eigenvalue weighted by Gasteiger charge is -2.08. The van der Waals surface area contributed by atoms with Crippen LogP contribution < -0.4 is 10.1 Å². The smallest absolute Gasteiger partial charge is 0.240 e. The number of hydrogen-bond donors (Lipinski definition) is 1. The van der Waals surface area contributed by atoms with Crippen LogP contribution in [0, 0.1) is 16.7 Å². The van der Waals surface area contributed by atoms with Crippen molar-refractivity contribution in [3.8, 4) is 11.8 Å². The second-order valence-electron chi connectivity index (χ2n) is 4.78. The number of carbonyl (C=O) groups is 1. The summed E-state index contributed by atoms with van der Waals surface area (Å²) in [5, 5.41) is 11.7. The van der Waals surface area contributed by atoms with Gasteiger partial charge in [0.1, 0.15) is 11.2 Å². The fourth-order valence-corrected chi connectivity index (χ4v) is 1.92. The molecule has 1 aliphatic rings. The molecule has 1 aromatic carbocycles. The normalized spacial score (nSPS) is 15.4. The lowest BCUT2D eigenvalue weighted by molar-refractivity contribution is -0.124. The number of carbonyl (C=O) groups excluding carboxylic acids is 1. The fourth-order valence-electron chi connectivity index (χ4n) is 1.92. The van der Waals surface area contributed by atoms with Crippen molar-refractivity contribution in [2.24, 2.45) is 5.41 Å². The summed E-state index contributed by atoms with van der Waals surface area (Å²) in [6.45, 7) is 3.17. The average Bonchev–Trinajstić information content (AvgIpc) is 3.22. The maximum Gasteiger partial charge on any atom is 0.240 e. The Morgan fingerprint density at radius 1 is 1.42 bits per heavy atom. The lowest BCUT2D eigenvalue weighted by atomic mass is 10.1. The molecule has 0 aliphatic heterocycles. The summed E-state index contributed by atoms with van der Waals surface area (Å²) in [6.07, 6.45) is 2.15. The van der Waals surface area contributed by atoms with Crippen LogP contribution in [0.1, 0.15) is 25.3 Å². The predicted molar refractivity (Wildman–Crippen MR) is 71.6 cm³/mol. The second kappa shape index (κ2) is 5.75. The van der Waals surface area contributed by atoms with Gasteiger partial charge in [-0.15, -0.1) is 0 Å². The van der Waals surface area contributed by atoms with E-state index in [1.807, 2.05) is 31.2 Å². The molecule has 4 heteroatoms. The molecule has 1 aromatic rings. The van der Waals surface area contributed by atoms with Crippen molar-refractivity contribution in [1.82, 2.24) is 5.32 Å². The Morgan fingerprint density at radius 2 is 2.11 bits per heavy atom. The van der Waals surface area contributed by atoms with Crippen molar-refractivity contribution < 1.29 is 9.53 Å². The second-order valence-corrected chi connectivity index (χ2v) is 4.78. The van der Waals surface area contributed by atoms with Gasteiger partial charge in [0.05, 0.1) is 12.7 Å². The topological polar surface area (TPSA) is 62.1 Å². The highest BCUT2D eigenvalue weighted by molar-refractivity contribution is 5.88. The van der Waals surface area contributed by atoms with E-state index >= 15 is 0 Å². The summed E-state index contributed by atoms with van der Waals surface area (Å²) in [7, 11) is 0. The highest BCUT2D eigenvalue weighted by Crippen LogP contribution is 2.44. The minimum Gasteiger partial charge on any atom is -0.494 e. The third-order valence-electron chi connectivity index (χ3n) is 3.33. The Hall–Kier alpha value is -2.02. The molecule has 0 radical (unpaired) electrons. The van der Waals surface area contributed by atoms with E-state index < -0.39 is 5.41 Å². The van der Waals surface area contributed by atoms with Crippen LogP contribution in [0.2, 0.25) is 0 Å². The minimum atomic E-state index is -0.723. The van der Waals surface area contributed by atoms with Gasteiger partial charge in [-0.05, 0) is 43.9 Å². The van der Waals surface area contributed by atoms with Gasteiger partial charge in [-0.2, -0.15) is 5.26 Å². The number of nitrogens with zero attached hydrogens (tertiary/aromatic N) is 1. The van der Waals surface area contributed by atoms with Gasteiger partial charge >= 0.3 is 0 Å². The number of nitriles is 1. The van der Waals surface area contributed by atoms with E-state index in [-0.39, 0.29) is 5.91 Å². The van der Waals surface area contributed by atoms with Gasteiger partial charge in [-0.25, -0.2) is 0 Å². The molecule has 0 atom stereocenters. The molecule has 0 bridgehead atoms. The number of ether oxygens (including phenoxy) is 1. The van der Waals surface area contributed by atoms with Crippen LogP contribution in [-0.4, -0.2) is 19.1 Å². The molecule has 4 nitrogen and oxygen atoms in total. The van der Waals surface area contributed by atoms with Gasteiger partial charge in [0, 0.05) is 6.54 Å². The van der Waals surface area contributed by atoms with Gasteiger partial charge in [0.2, 0.25) is 5.91 Å². The Kier molecular flexibility index (Phi) is 4.06. The molecule has 0 spiro atoms. The third-order valence-corrected chi connectivity index (χ3v) is 3.33. The van der Waals surface area contributed by atoms with Gasteiger partial charge in [0.25, 0.3) is 0 Å². The highest BCUT2D eigenvalue weighted by Gasteiger charge is 2.50. The molecule has 19 heavy (non-hydrogen) atoms. The first-order valence-electron chi connectivity index (χ1n) is 6.61. The van der Waals surface area contributed by atoms with Crippen LogP contribution in [0.25, 0.3) is 0 Å². The molecule has 1 N–H and O–H groups in total. The van der Waals surface area contributed by atoms with Crippen molar-refractivity contribution in [1.29, 1.82) is 5.26 Å². The Morgan fingerprint density at radius 3 is 2.63 bits per heavy atom. The van der Waals surface area contributed by atoms with Crippen LogP contribution in [0.5, 0.6) is 5.75 Å². The Balaban J connectivity index is 1.77. The zero-order chi connectivity index (χ0) is 13.7. The molecule has 0 aromatic heterocycles. The quantitative estimate of drug-likeness (QED) is 0.849. The molecule has 1 saturated carbocycles. The van der Waals surface area contributed by atoms with Crippen molar-refractivity contribution in [3.63, 3.8) is 0 Å². The van der Waals surface area contributed by atoms with Crippen LogP contribution in [0.4, 0.5) is 0 Å². The van der Waals surface area contributed by atoms with Crippen LogP contribution in [-0.2, 0) is 11.2 Å². The molecule has 2 rings (SSSR count). The summed E-state index contributed by atoms with van der Waals surface area (Å²) in [5.74, 6) is 0.734. The van der Waals surface area contributed by atoms with Crippen molar-refractivity contribution in [3.05, 3.63) is 29.8 Å². The van der Waals surface area contributed by atoms with Crippen molar-refractivity contribution >= 4 is 5.91 Å². The third kappa shape index (κ3) is 3.25.